The molecule has 1 fully saturated rings. The Balaban J connectivity index is 1.58. The first-order valence-corrected chi connectivity index (χ1v) is 11.2. The molecule has 10 nitrogen and oxygen atoms in total. The summed E-state index contributed by atoms with van der Waals surface area (Å²) in [7, 11) is -0.883. The predicted molar refractivity (Wildman–Crippen MR) is 110 cm³/mol. The molecule has 0 saturated carbocycles. The van der Waals surface area contributed by atoms with E-state index in [1.165, 1.54) is 24.6 Å². The number of aromatic nitrogens is 4. The lowest BCUT2D eigenvalue weighted by Gasteiger charge is -2.30. The Labute approximate surface area is 180 Å². The SMILES string of the molecule is COc1ccc(OC)c(S(=O)(=O)N2CCC[C@@H](c3nnc(-c4cnc(C)nc4)o3)C2)c1. The van der Waals surface area contributed by atoms with Gasteiger partial charge in [0.25, 0.3) is 5.89 Å². The number of piperidine rings is 1. The van der Waals surface area contributed by atoms with Gasteiger partial charge in [0.1, 0.15) is 22.2 Å². The summed E-state index contributed by atoms with van der Waals surface area (Å²) >= 11 is 0. The maximum Gasteiger partial charge on any atom is 0.250 e. The highest BCUT2D eigenvalue weighted by Gasteiger charge is 2.35. The molecule has 1 atom stereocenters. The third kappa shape index (κ3) is 4.23. The second kappa shape index (κ2) is 8.60. The molecule has 3 heterocycles. The molecule has 0 N–H and O–H groups in total. The van der Waals surface area contributed by atoms with E-state index in [0.717, 1.165) is 6.42 Å². The summed E-state index contributed by atoms with van der Waals surface area (Å²) in [6.07, 6.45) is 4.65. The van der Waals surface area contributed by atoms with Crippen LogP contribution in [0.2, 0.25) is 0 Å². The Bertz CT molecular complexity index is 1160. The highest BCUT2D eigenvalue weighted by molar-refractivity contribution is 7.89. The molecule has 0 spiro atoms. The van der Waals surface area contributed by atoms with Gasteiger partial charge in [0.05, 0.1) is 25.7 Å². The van der Waals surface area contributed by atoms with Crippen molar-refractivity contribution in [2.75, 3.05) is 27.3 Å². The quantitative estimate of drug-likeness (QED) is 0.563. The zero-order chi connectivity index (χ0) is 22.0. The molecule has 31 heavy (non-hydrogen) atoms. The second-order valence-corrected chi connectivity index (χ2v) is 9.09. The van der Waals surface area contributed by atoms with Gasteiger partial charge in [-0.15, -0.1) is 10.2 Å². The maximum absolute atomic E-state index is 13.4. The highest BCUT2D eigenvalue weighted by Crippen LogP contribution is 2.35. The van der Waals surface area contributed by atoms with Gasteiger partial charge in [0, 0.05) is 31.5 Å². The van der Waals surface area contributed by atoms with E-state index in [1.54, 1.807) is 31.5 Å². The Morgan fingerprint density at radius 2 is 1.90 bits per heavy atom. The maximum atomic E-state index is 13.4. The number of hydrogen-bond donors (Lipinski definition) is 0. The Morgan fingerprint density at radius 3 is 2.61 bits per heavy atom. The number of ether oxygens (including phenoxy) is 2. The summed E-state index contributed by atoms with van der Waals surface area (Å²) in [4.78, 5) is 8.34. The average Bonchev–Trinajstić information content (AvgIpc) is 3.29. The summed E-state index contributed by atoms with van der Waals surface area (Å²) in [5.41, 5.74) is 0.616. The molecule has 1 aliphatic heterocycles. The van der Waals surface area contributed by atoms with Crippen molar-refractivity contribution in [3.05, 3.63) is 42.3 Å². The summed E-state index contributed by atoms with van der Waals surface area (Å²) in [6.45, 7) is 2.41. The van der Waals surface area contributed by atoms with Gasteiger partial charge in [-0.2, -0.15) is 4.31 Å². The van der Waals surface area contributed by atoms with Gasteiger partial charge >= 0.3 is 0 Å². The number of hydrogen-bond acceptors (Lipinski definition) is 9. The van der Waals surface area contributed by atoms with Crippen molar-refractivity contribution in [3.8, 4) is 23.0 Å². The zero-order valence-corrected chi connectivity index (χ0v) is 18.3. The van der Waals surface area contributed by atoms with Crippen LogP contribution in [0.5, 0.6) is 11.5 Å². The van der Waals surface area contributed by atoms with Crippen molar-refractivity contribution < 1.29 is 22.3 Å². The van der Waals surface area contributed by atoms with Gasteiger partial charge in [0.2, 0.25) is 15.9 Å². The fourth-order valence-corrected chi connectivity index (χ4v) is 5.20. The van der Waals surface area contributed by atoms with Crippen molar-refractivity contribution in [3.63, 3.8) is 0 Å². The summed E-state index contributed by atoms with van der Waals surface area (Å²) in [5.74, 6) is 1.84. The highest BCUT2D eigenvalue weighted by atomic mass is 32.2. The summed E-state index contributed by atoms with van der Waals surface area (Å²) in [6, 6.07) is 4.71. The number of nitrogens with zero attached hydrogens (tertiary/aromatic N) is 5. The molecule has 0 radical (unpaired) electrons. The lowest BCUT2D eigenvalue weighted by Crippen LogP contribution is -2.39. The average molecular weight is 446 g/mol. The van der Waals surface area contributed by atoms with Crippen LogP contribution in [-0.2, 0) is 10.0 Å². The molecular formula is C20H23N5O5S. The van der Waals surface area contributed by atoms with E-state index in [4.69, 9.17) is 13.9 Å². The molecule has 3 aromatic rings. The molecular weight excluding hydrogens is 422 g/mol. The lowest BCUT2D eigenvalue weighted by molar-refractivity contribution is 0.285. The van der Waals surface area contributed by atoms with Gasteiger partial charge in [0.15, 0.2) is 0 Å². The minimum absolute atomic E-state index is 0.0676. The van der Waals surface area contributed by atoms with E-state index in [2.05, 4.69) is 20.2 Å². The number of sulfonamides is 1. The van der Waals surface area contributed by atoms with E-state index < -0.39 is 10.0 Å². The topological polar surface area (TPSA) is 121 Å². The van der Waals surface area contributed by atoms with Gasteiger partial charge in [-0.1, -0.05) is 0 Å². The van der Waals surface area contributed by atoms with Gasteiger partial charge in [-0.3, -0.25) is 0 Å². The van der Waals surface area contributed by atoms with Crippen LogP contribution < -0.4 is 9.47 Å². The van der Waals surface area contributed by atoms with Crippen LogP contribution in [0.15, 0.2) is 39.9 Å². The first-order chi connectivity index (χ1) is 14.9. The molecule has 1 aromatic carbocycles. The summed E-state index contributed by atoms with van der Waals surface area (Å²) in [5, 5.41) is 8.24. The standard InChI is InChI=1S/C20H23N5O5S/c1-13-21-10-15(11-22-13)20-24-23-19(30-20)14-5-4-8-25(12-14)31(26,27)18-9-16(28-2)6-7-17(18)29-3/h6-7,9-11,14H,4-5,8,12H2,1-3H3/t14-/m1/s1. The van der Waals surface area contributed by atoms with E-state index in [-0.39, 0.29) is 23.1 Å². The van der Waals surface area contributed by atoms with Crippen molar-refractivity contribution >= 4 is 10.0 Å². The fraction of sp³-hybridized carbons (Fsp3) is 0.400. The summed E-state index contributed by atoms with van der Waals surface area (Å²) < 4.78 is 44.5. The molecule has 11 heteroatoms. The second-order valence-electron chi connectivity index (χ2n) is 7.18. The van der Waals surface area contributed by atoms with Crippen LogP contribution >= 0.6 is 0 Å². The monoisotopic (exact) mass is 445 g/mol. The third-order valence-electron chi connectivity index (χ3n) is 5.19. The smallest absolute Gasteiger partial charge is 0.250 e. The number of rotatable bonds is 6. The minimum Gasteiger partial charge on any atom is -0.497 e. The van der Waals surface area contributed by atoms with Crippen LogP contribution in [0.3, 0.4) is 0 Å². The third-order valence-corrected chi connectivity index (χ3v) is 7.08. The van der Waals surface area contributed by atoms with Crippen LogP contribution in [0, 0.1) is 6.92 Å². The number of benzene rings is 1. The molecule has 1 saturated heterocycles. The van der Waals surface area contributed by atoms with Gasteiger partial charge < -0.3 is 13.9 Å². The Kier molecular flexibility index (Phi) is 5.88. The van der Waals surface area contributed by atoms with Crippen molar-refractivity contribution in [2.45, 2.75) is 30.6 Å². The van der Waals surface area contributed by atoms with Crippen LogP contribution in [0.1, 0.15) is 30.5 Å². The first-order valence-electron chi connectivity index (χ1n) is 9.77. The molecule has 0 unspecified atom stereocenters. The molecule has 2 aromatic heterocycles. The normalized spacial score (nSPS) is 17.5. The number of aryl methyl sites for hydroxylation is 1. The van der Waals surface area contributed by atoms with Crippen molar-refractivity contribution in [2.24, 2.45) is 0 Å². The van der Waals surface area contributed by atoms with Gasteiger partial charge in [-0.25, -0.2) is 18.4 Å². The largest absolute Gasteiger partial charge is 0.497 e. The zero-order valence-electron chi connectivity index (χ0n) is 17.5. The van der Waals surface area contributed by atoms with Crippen molar-refractivity contribution in [1.29, 1.82) is 0 Å². The van der Waals surface area contributed by atoms with E-state index in [1.807, 2.05) is 0 Å². The molecule has 0 bridgehead atoms. The fourth-order valence-electron chi connectivity index (χ4n) is 3.51. The van der Waals surface area contributed by atoms with Crippen LogP contribution in [-0.4, -0.2) is 60.2 Å². The molecule has 0 aliphatic carbocycles. The van der Waals surface area contributed by atoms with Crippen molar-refractivity contribution in [1.82, 2.24) is 24.5 Å². The van der Waals surface area contributed by atoms with Crippen LogP contribution in [0.4, 0.5) is 0 Å². The Hall–Kier alpha value is -3.05. The predicted octanol–water partition coefficient (Wildman–Crippen LogP) is 2.42. The first kappa shape index (κ1) is 21.2. The van der Waals surface area contributed by atoms with E-state index >= 15 is 0 Å². The number of methoxy groups -OCH3 is 2. The van der Waals surface area contributed by atoms with E-state index in [0.29, 0.717) is 41.9 Å². The van der Waals surface area contributed by atoms with E-state index in [9.17, 15) is 8.42 Å². The molecule has 0 amide bonds. The molecule has 164 valence electrons. The van der Waals surface area contributed by atoms with Crippen LogP contribution in [0.25, 0.3) is 11.5 Å². The minimum atomic E-state index is -3.81. The lowest BCUT2D eigenvalue weighted by atomic mass is 10.00. The molecule has 1 aliphatic rings. The van der Waals surface area contributed by atoms with Gasteiger partial charge in [-0.05, 0) is 31.9 Å². The Morgan fingerprint density at radius 1 is 1.13 bits per heavy atom. The molecule has 4 rings (SSSR count).